The van der Waals surface area contributed by atoms with E-state index in [1.807, 2.05) is 44.2 Å². The SMILES string of the molecule is CC[C@H]1O[C@H](C(F)(F)C(=O)OC(C)C)[C@H](OCOC)[C@@H](OCc2ccccc2)[C@H]1C. The average molecular weight is 430 g/mol. The Balaban J connectivity index is 2.32. The minimum atomic E-state index is -3.91. The monoisotopic (exact) mass is 430 g/mol. The summed E-state index contributed by atoms with van der Waals surface area (Å²) in [4.78, 5) is 12.2. The Morgan fingerprint density at radius 2 is 1.83 bits per heavy atom. The molecule has 0 unspecified atom stereocenters. The molecule has 1 heterocycles. The van der Waals surface area contributed by atoms with Gasteiger partial charge in [0.1, 0.15) is 12.9 Å². The maximum atomic E-state index is 15.1. The summed E-state index contributed by atoms with van der Waals surface area (Å²) in [7, 11) is 1.39. The van der Waals surface area contributed by atoms with Gasteiger partial charge in [0.25, 0.3) is 0 Å². The molecule has 5 atom stereocenters. The maximum Gasteiger partial charge on any atom is 0.380 e. The van der Waals surface area contributed by atoms with Crippen molar-refractivity contribution in [1.29, 1.82) is 0 Å². The Labute approximate surface area is 176 Å². The molecule has 0 radical (unpaired) electrons. The van der Waals surface area contributed by atoms with Crippen molar-refractivity contribution in [2.75, 3.05) is 13.9 Å². The van der Waals surface area contributed by atoms with E-state index in [9.17, 15) is 4.79 Å². The lowest BCUT2D eigenvalue weighted by Crippen LogP contribution is -2.63. The number of benzene rings is 1. The molecule has 30 heavy (non-hydrogen) atoms. The Hall–Kier alpha value is -1.61. The predicted molar refractivity (Wildman–Crippen MR) is 106 cm³/mol. The number of carbonyl (C=O) groups is 1. The van der Waals surface area contributed by atoms with Crippen LogP contribution in [-0.2, 0) is 35.1 Å². The standard InChI is InChI=1S/C22H32F2O6/c1-6-17-15(4)18(27-12-16-10-8-7-9-11-16)19(28-13-26-5)20(30-17)22(23,24)21(25)29-14(2)3/h7-11,14-15,17-20H,6,12-13H2,1-5H3/t15-,17+,18-,19+,20-/m0/s1. The van der Waals surface area contributed by atoms with Gasteiger partial charge < -0.3 is 23.7 Å². The highest BCUT2D eigenvalue weighted by molar-refractivity contribution is 5.78. The van der Waals surface area contributed by atoms with Gasteiger partial charge in [0.05, 0.1) is 24.9 Å². The van der Waals surface area contributed by atoms with Crippen LogP contribution in [0, 0.1) is 5.92 Å². The zero-order valence-corrected chi connectivity index (χ0v) is 18.2. The summed E-state index contributed by atoms with van der Waals surface area (Å²) in [6.07, 6.45) is -4.55. The summed E-state index contributed by atoms with van der Waals surface area (Å²) in [5, 5.41) is 0. The third-order valence-corrected chi connectivity index (χ3v) is 5.09. The molecule has 8 heteroatoms. The Bertz CT molecular complexity index is 654. The second-order valence-corrected chi connectivity index (χ2v) is 7.74. The molecule has 0 aromatic heterocycles. The number of carbonyl (C=O) groups excluding carboxylic acids is 1. The highest BCUT2D eigenvalue weighted by Crippen LogP contribution is 2.39. The molecule has 1 fully saturated rings. The summed E-state index contributed by atoms with van der Waals surface area (Å²) >= 11 is 0. The lowest BCUT2D eigenvalue weighted by Gasteiger charge is -2.46. The van der Waals surface area contributed by atoms with Crippen LogP contribution in [0.5, 0.6) is 0 Å². The van der Waals surface area contributed by atoms with Gasteiger partial charge in [-0.15, -0.1) is 0 Å². The fourth-order valence-electron chi connectivity index (χ4n) is 3.58. The Kier molecular flexibility index (Phi) is 9.15. The van der Waals surface area contributed by atoms with E-state index in [4.69, 9.17) is 23.7 Å². The van der Waals surface area contributed by atoms with E-state index < -0.39 is 42.4 Å². The van der Waals surface area contributed by atoms with Crippen molar-refractivity contribution in [2.24, 2.45) is 5.92 Å². The first-order chi connectivity index (χ1) is 14.2. The van der Waals surface area contributed by atoms with Crippen molar-refractivity contribution in [3.63, 3.8) is 0 Å². The first-order valence-corrected chi connectivity index (χ1v) is 10.2. The van der Waals surface area contributed by atoms with E-state index in [0.717, 1.165) is 5.56 Å². The zero-order chi connectivity index (χ0) is 22.3. The van der Waals surface area contributed by atoms with E-state index in [-0.39, 0.29) is 19.3 Å². The van der Waals surface area contributed by atoms with E-state index >= 15 is 8.78 Å². The summed E-state index contributed by atoms with van der Waals surface area (Å²) in [6.45, 7) is 6.71. The van der Waals surface area contributed by atoms with E-state index in [0.29, 0.717) is 6.42 Å². The molecule has 1 aliphatic rings. The zero-order valence-electron chi connectivity index (χ0n) is 18.2. The molecule has 0 N–H and O–H groups in total. The fraction of sp³-hybridized carbons (Fsp3) is 0.682. The molecule has 1 aromatic rings. The minimum absolute atomic E-state index is 0.216. The van der Waals surface area contributed by atoms with Gasteiger partial charge in [-0.25, -0.2) is 4.79 Å². The van der Waals surface area contributed by atoms with Crippen LogP contribution in [0.4, 0.5) is 8.78 Å². The molecule has 1 aromatic carbocycles. The van der Waals surface area contributed by atoms with Crippen molar-refractivity contribution in [3.05, 3.63) is 35.9 Å². The highest BCUT2D eigenvalue weighted by Gasteiger charge is 2.60. The molecule has 1 aliphatic heterocycles. The predicted octanol–water partition coefficient (Wildman–Crippen LogP) is 3.96. The number of esters is 1. The van der Waals surface area contributed by atoms with Crippen molar-refractivity contribution in [3.8, 4) is 0 Å². The Morgan fingerprint density at radius 1 is 1.17 bits per heavy atom. The fourth-order valence-corrected chi connectivity index (χ4v) is 3.58. The quantitative estimate of drug-likeness (QED) is 0.414. The van der Waals surface area contributed by atoms with Crippen LogP contribution in [-0.4, -0.2) is 56.3 Å². The van der Waals surface area contributed by atoms with E-state index in [1.54, 1.807) is 0 Å². The second kappa shape index (κ2) is 11.1. The van der Waals surface area contributed by atoms with Gasteiger partial charge in [-0.3, -0.25) is 0 Å². The second-order valence-electron chi connectivity index (χ2n) is 7.74. The number of alkyl halides is 2. The topological polar surface area (TPSA) is 63.2 Å². The molecular formula is C22H32F2O6. The molecule has 1 saturated heterocycles. The number of hydrogen-bond donors (Lipinski definition) is 0. The van der Waals surface area contributed by atoms with Crippen LogP contribution in [0.15, 0.2) is 30.3 Å². The molecule has 0 saturated carbocycles. The van der Waals surface area contributed by atoms with Crippen molar-refractivity contribution in [1.82, 2.24) is 0 Å². The molecule has 0 bridgehead atoms. The minimum Gasteiger partial charge on any atom is -0.458 e. The van der Waals surface area contributed by atoms with Gasteiger partial charge >= 0.3 is 11.9 Å². The van der Waals surface area contributed by atoms with Crippen LogP contribution in [0.3, 0.4) is 0 Å². The molecule has 0 amide bonds. The van der Waals surface area contributed by atoms with Crippen molar-refractivity contribution < 1.29 is 37.3 Å². The first-order valence-electron chi connectivity index (χ1n) is 10.2. The lowest BCUT2D eigenvalue weighted by atomic mass is 9.84. The third-order valence-electron chi connectivity index (χ3n) is 5.09. The van der Waals surface area contributed by atoms with E-state index in [2.05, 4.69) is 0 Å². The molecular weight excluding hydrogens is 398 g/mol. The molecule has 6 nitrogen and oxygen atoms in total. The van der Waals surface area contributed by atoms with Crippen LogP contribution in [0.1, 0.15) is 39.7 Å². The average Bonchev–Trinajstić information content (AvgIpc) is 2.71. The number of methoxy groups -OCH3 is 1. The van der Waals surface area contributed by atoms with Crippen LogP contribution in [0.2, 0.25) is 0 Å². The lowest BCUT2D eigenvalue weighted by molar-refractivity contribution is -0.291. The van der Waals surface area contributed by atoms with Gasteiger partial charge in [0.2, 0.25) is 0 Å². The van der Waals surface area contributed by atoms with Gasteiger partial charge in [-0.2, -0.15) is 8.78 Å². The number of ether oxygens (including phenoxy) is 5. The van der Waals surface area contributed by atoms with Crippen molar-refractivity contribution >= 4 is 5.97 Å². The summed E-state index contributed by atoms with van der Waals surface area (Å²) in [5.41, 5.74) is 0.900. The van der Waals surface area contributed by atoms with Gasteiger partial charge in [-0.05, 0) is 25.8 Å². The summed E-state index contributed by atoms with van der Waals surface area (Å²) < 4.78 is 57.3. The largest absolute Gasteiger partial charge is 0.458 e. The van der Waals surface area contributed by atoms with Crippen molar-refractivity contribution in [2.45, 2.75) is 77.2 Å². The number of rotatable bonds is 10. The maximum absolute atomic E-state index is 15.1. The first kappa shape index (κ1) is 24.7. The molecule has 0 spiro atoms. The third kappa shape index (κ3) is 5.97. The highest BCUT2D eigenvalue weighted by atomic mass is 19.3. The molecule has 0 aliphatic carbocycles. The van der Waals surface area contributed by atoms with Gasteiger partial charge in [-0.1, -0.05) is 44.2 Å². The van der Waals surface area contributed by atoms with E-state index in [1.165, 1.54) is 21.0 Å². The summed E-state index contributed by atoms with van der Waals surface area (Å²) in [6, 6.07) is 9.41. The van der Waals surface area contributed by atoms with Crippen LogP contribution in [0.25, 0.3) is 0 Å². The van der Waals surface area contributed by atoms with Crippen LogP contribution < -0.4 is 0 Å². The smallest absolute Gasteiger partial charge is 0.380 e. The van der Waals surface area contributed by atoms with Crippen LogP contribution >= 0.6 is 0 Å². The Morgan fingerprint density at radius 3 is 2.40 bits per heavy atom. The molecule has 2 rings (SSSR count). The number of hydrogen-bond acceptors (Lipinski definition) is 6. The van der Waals surface area contributed by atoms with Gasteiger partial charge in [0, 0.05) is 13.0 Å². The molecule has 170 valence electrons. The number of halogens is 2. The summed E-state index contributed by atoms with van der Waals surface area (Å²) in [5.74, 6) is -5.79. The van der Waals surface area contributed by atoms with Gasteiger partial charge in [0.15, 0.2) is 6.10 Å². The normalized spacial score (nSPS) is 27.3.